The Bertz CT molecular complexity index is 891. The molecule has 0 aliphatic heterocycles. The molecular weight excluding hydrogens is 348 g/mol. The van der Waals surface area contributed by atoms with E-state index >= 15 is 0 Å². The van der Waals surface area contributed by atoms with Gasteiger partial charge in [0.25, 0.3) is 11.6 Å². The maximum absolute atomic E-state index is 12.0. The van der Waals surface area contributed by atoms with E-state index < -0.39 is 10.8 Å². The van der Waals surface area contributed by atoms with Gasteiger partial charge in [-0.1, -0.05) is 12.1 Å². The van der Waals surface area contributed by atoms with Gasteiger partial charge in [-0.3, -0.25) is 19.7 Å². The van der Waals surface area contributed by atoms with Gasteiger partial charge in [0.15, 0.2) is 0 Å². The van der Waals surface area contributed by atoms with E-state index in [1.165, 1.54) is 18.2 Å². The van der Waals surface area contributed by atoms with Crippen molar-refractivity contribution in [1.82, 2.24) is 5.32 Å². The molecule has 0 unspecified atom stereocenters. The second-order valence-corrected chi connectivity index (χ2v) is 6.63. The predicted molar refractivity (Wildman–Crippen MR) is 101 cm³/mol. The lowest BCUT2D eigenvalue weighted by molar-refractivity contribution is -0.384. The Balaban J connectivity index is 1.74. The lowest BCUT2D eigenvalue weighted by Gasteiger charge is -2.19. The molecule has 27 heavy (non-hydrogen) atoms. The minimum atomic E-state index is -0.715. The molecular formula is C19H20N4O4. The molecule has 0 saturated heterocycles. The van der Waals surface area contributed by atoms with Crippen LogP contribution >= 0.6 is 0 Å². The number of nitrogens with zero attached hydrogens (tertiary/aromatic N) is 2. The van der Waals surface area contributed by atoms with Crippen LogP contribution < -0.4 is 16.0 Å². The first-order valence-electron chi connectivity index (χ1n) is 8.54. The molecule has 1 aliphatic carbocycles. The first-order valence-corrected chi connectivity index (χ1v) is 8.54. The van der Waals surface area contributed by atoms with Gasteiger partial charge in [-0.2, -0.15) is 0 Å². The highest BCUT2D eigenvalue weighted by atomic mass is 16.6. The number of carbonyl (C=O) groups is 2. The summed E-state index contributed by atoms with van der Waals surface area (Å²) in [7, 11) is 1.72. The highest BCUT2D eigenvalue weighted by Gasteiger charge is 2.24. The number of carbonyl (C=O) groups excluding carboxylic acids is 2. The van der Waals surface area contributed by atoms with Crippen LogP contribution in [0.25, 0.3) is 0 Å². The van der Waals surface area contributed by atoms with Crippen LogP contribution in [0, 0.1) is 10.1 Å². The molecule has 0 aromatic heterocycles. The van der Waals surface area contributed by atoms with Gasteiger partial charge in [0.1, 0.15) is 5.69 Å². The number of hydrogen-bond donors (Lipinski definition) is 2. The summed E-state index contributed by atoms with van der Waals surface area (Å²) in [4.78, 5) is 35.8. The van der Waals surface area contributed by atoms with Gasteiger partial charge in [0.05, 0.1) is 4.92 Å². The number of nitrogens with one attached hydrogen (secondary N) is 1. The molecule has 1 aliphatic rings. The van der Waals surface area contributed by atoms with Crippen LogP contribution in [0.4, 0.5) is 11.4 Å². The van der Waals surface area contributed by atoms with Crippen molar-refractivity contribution >= 4 is 23.2 Å². The van der Waals surface area contributed by atoms with Crippen LogP contribution in [0.15, 0.2) is 42.5 Å². The van der Waals surface area contributed by atoms with Crippen molar-refractivity contribution in [2.75, 3.05) is 11.9 Å². The van der Waals surface area contributed by atoms with Crippen molar-refractivity contribution in [3.63, 3.8) is 0 Å². The van der Waals surface area contributed by atoms with Gasteiger partial charge >= 0.3 is 0 Å². The SMILES string of the molecule is CN(Cc1ccc(C(=O)NC2CC2)cc1)c1ccc(C(N)=O)cc1[N+](=O)[O-]. The standard InChI is InChI=1S/C19H20N4O4/c1-22(16-9-6-14(18(20)24)10-17(16)23(26)27)11-12-2-4-13(5-3-12)19(25)21-15-7-8-15/h2-6,9-10,15H,7-8,11H2,1H3,(H2,20,24)(H,21,25). The van der Waals surface area contributed by atoms with E-state index in [1.54, 1.807) is 24.1 Å². The van der Waals surface area contributed by atoms with E-state index in [1.807, 2.05) is 12.1 Å². The van der Waals surface area contributed by atoms with Gasteiger partial charge in [-0.25, -0.2) is 0 Å². The molecule has 8 heteroatoms. The summed E-state index contributed by atoms with van der Waals surface area (Å²) in [5, 5.41) is 14.3. The summed E-state index contributed by atoms with van der Waals surface area (Å²) >= 11 is 0. The second kappa shape index (κ2) is 7.45. The number of anilines is 1. The Hall–Kier alpha value is -3.42. The molecule has 0 radical (unpaired) electrons. The van der Waals surface area contributed by atoms with Crippen LogP contribution in [0.5, 0.6) is 0 Å². The Kier molecular flexibility index (Phi) is 5.07. The number of nitro benzene ring substituents is 1. The average Bonchev–Trinajstić information content (AvgIpc) is 3.45. The molecule has 140 valence electrons. The van der Waals surface area contributed by atoms with E-state index in [0.29, 0.717) is 23.8 Å². The molecule has 2 amide bonds. The summed E-state index contributed by atoms with van der Waals surface area (Å²) in [6.07, 6.45) is 2.06. The van der Waals surface area contributed by atoms with Crippen molar-refractivity contribution in [3.05, 3.63) is 69.3 Å². The highest BCUT2D eigenvalue weighted by molar-refractivity contribution is 5.95. The summed E-state index contributed by atoms with van der Waals surface area (Å²) in [6.45, 7) is 0.404. The van der Waals surface area contributed by atoms with Crippen molar-refractivity contribution in [2.24, 2.45) is 5.73 Å². The fourth-order valence-corrected chi connectivity index (χ4v) is 2.76. The fraction of sp³-hybridized carbons (Fsp3) is 0.263. The monoisotopic (exact) mass is 368 g/mol. The zero-order chi connectivity index (χ0) is 19.6. The lowest BCUT2D eigenvalue weighted by atomic mass is 10.1. The molecule has 1 fully saturated rings. The highest BCUT2D eigenvalue weighted by Crippen LogP contribution is 2.29. The van der Waals surface area contributed by atoms with Crippen molar-refractivity contribution in [1.29, 1.82) is 0 Å². The normalized spacial score (nSPS) is 13.1. The Morgan fingerprint density at radius 1 is 1.19 bits per heavy atom. The van der Waals surface area contributed by atoms with Crippen molar-refractivity contribution in [3.8, 4) is 0 Å². The summed E-state index contributed by atoms with van der Waals surface area (Å²) in [5.41, 5.74) is 6.96. The smallest absolute Gasteiger partial charge is 0.293 e. The maximum atomic E-state index is 12.0. The Morgan fingerprint density at radius 3 is 2.37 bits per heavy atom. The molecule has 0 atom stereocenters. The van der Waals surface area contributed by atoms with Gasteiger partial charge in [0, 0.05) is 36.8 Å². The minimum Gasteiger partial charge on any atom is -0.366 e. The van der Waals surface area contributed by atoms with E-state index in [0.717, 1.165) is 18.4 Å². The number of amides is 2. The van der Waals surface area contributed by atoms with Crippen molar-refractivity contribution < 1.29 is 14.5 Å². The molecule has 2 aromatic rings. The van der Waals surface area contributed by atoms with Crippen LogP contribution in [0.1, 0.15) is 39.1 Å². The van der Waals surface area contributed by atoms with Crippen LogP contribution in [0.2, 0.25) is 0 Å². The number of nitro groups is 1. The summed E-state index contributed by atoms with van der Waals surface area (Å²) in [5.74, 6) is -0.803. The van der Waals surface area contributed by atoms with Gasteiger partial charge < -0.3 is 16.0 Å². The van der Waals surface area contributed by atoms with E-state index in [2.05, 4.69) is 5.32 Å². The molecule has 3 N–H and O–H groups in total. The topological polar surface area (TPSA) is 119 Å². The number of nitrogens with two attached hydrogens (primary N) is 1. The fourth-order valence-electron chi connectivity index (χ4n) is 2.76. The van der Waals surface area contributed by atoms with E-state index in [9.17, 15) is 19.7 Å². The van der Waals surface area contributed by atoms with Crippen LogP contribution in [-0.2, 0) is 6.54 Å². The quantitative estimate of drug-likeness (QED) is 0.574. The zero-order valence-corrected chi connectivity index (χ0v) is 14.8. The Labute approximate surface area is 156 Å². The third-order valence-corrected chi connectivity index (χ3v) is 4.42. The number of benzene rings is 2. The summed E-state index contributed by atoms with van der Waals surface area (Å²) < 4.78 is 0. The molecule has 2 aromatic carbocycles. The molecule has 8 nitrogen and oxygen atoms in total. The van der Waals surface area contributed by atoms with Gasteiger partial charge in [-0.05, 0) is 42.7 Å². The first-order chi connectivity index (χ1) is 12.8. The average molecular weight is 368 g/mol. The third kappa shape index (κ3) is 4.41. The Morgan fingerprint density at radius 2 is 1.81 bits per heavy atom. The largest absolute Gasteiger partial charge is 0.366 e. The first kappa shape index (κ1) is 18.4. The van der Waals surface area contributed by atoms with Gasteiger partial charge in [-0.15, -0.1) is 0 Å². The summed E-state index contributed by atoms with van der Waals surface area (Å²) in [6, 6.07) is 11.6. The molecule has 0 bridgehead atoms. The van der Waals surface area contributed by atoms with Crippen molar-refractivity contribution in [2.45, 2.75) is 25.4 Å². The second-order valence-electron chi connectivity index (χ2n) is 6.63. The molecule has 0 heterocycles. The predicted octanol–water partition coefficient (Wildman–Crippen LogP) is 2.22. The number of rotatable bonds is 7. The van der Waals surface area contributed by atoms with Crippen LogP contribution in [-0.4, -0.2) is 29.8 Å². The maximum Gasteiger partial charge on any atom is 0.293 e. The molecule has 1 saturated carbocycles. The third-order valence-electron chi connectivity index (χ3n) is 4.42. The number of primary amides is 1. The van der Waals surface area contributed by atoms with Gasteiger partial charge in [0.2, 0.25) is 5.91 Å². The minimum absolute atomic E-state index is 0.0879. The van der Waals surface area contributed by atoms with E-state index in [4.69, 9.17) is 5.73 Å². The number of hydrogen-bond acceptors (Lipinski definition) is 5. The lowest BCUT2D eigenvalue weighted by Crippen LogP contribution is -2.25. The molecule has 3 rings (SSSR count). The van der Waals surface area contributed by atoms with Crippen LogP contribution in [0.3, 0.4) is 0 Å². The van der Waals surface area contributed by atoms with E-state index in [-0.39, 0.29) is 17.2 Å². The molecule has 0 spiro atoms. The zero-order valence-electron chi connectivity index (χ0n) is 14.8.